The summed E-state index contributed by atoms with van der Waals surface area (Å²) in [6, 6.07) is 18.1. The van der Waals surface area contributed by atoms with Gasteiger partial charge in [0.15, 0.2) is 0 Å². The van der Waals surface area contributed by atoms with Crippen LogP contribution < -0.4 is 0 Å². The molecule has 2 aromatic carbocycles. The minimum atomic E-state index is -3.52. The van der Waals surface area contributed by atoms with Gasteiger partial charge in [-0.05, 0) is 61.4 Å². The molecule has 6 heteroatoms. The van der Waals surface area contributed by atoms with E-state index in [1.54, 1.807) is 35.7 Å². The molecule has 1 fully saturated rings. The van der Waals surface area contributed by atoms with Gasteiger partial charge in [0.2, 0.25) is 10.0 Å². The number of fused-ring (bicyclic) bond motifs is 1. The largest absolute Gasteiger partial charge is 0.383 e. The van der Waals surface area contributed by atoms with Crippen LogP contribution in [0.1, 0.15) is 24.0 Å². The minimum Gasteiger partial charge on any atom is -0.383 e. The topological polar surface area (TPSA) is 49.9 Å². The Labute approximate surface area is 180 Å². The van der Waals surface area contributed by atoms with Crippen LogP contribution in [0.25, 0.3) is 0 Å². The van der Waals surface area contributed by atoms with Crippen molar-refractivity contribution >= 4 is 10.0 Å². The fraction of sp³-hybridized carbons (Fsp3) is 0.500. The second kappa shape index (κ2) is 9.60. The van der Waals surface area contributed by atoms with Gasteiger partial charge in [0.25, 0.3) is 0 Å². The van der Waals surface area contributed by atoms with Crippen LogP contribution in [0, 0.1) is 5.92 Å². The first-order valence-corrected chi connectivity index (χ1v) is 12.4. The predicted octanol–water partition coefficient (Wildman–Crippen LogP) is 3.20. The van der Waals surface area contributed by atoms with Crippen LogP contribution in [0.3, 0.4) is 0 Å². The van der Waals surface area contributed by atoms with Crippen LogP contribution in [0.2, 0.25) is 0 Å². The van der Waals surface area contributed by atoms with E-state index in [0.29, 0.717) is 36.6 Å². The van der Waals surface area contributed by atoms with Gasteiger partial charge in [-0.3, -0.25) is 4.90 Å². The molecule has 0 spiro atoms. The van der Waals surface area contributed by atoms with E-state index in [2.05, 4.69) is 29.2 Å². The standard InChI is InChI=1S/C24H32N2O3S/c1-29-15-14-26(30(27,28)24-11-3-2-4-12-24)19-20-8-7-13-25(18-20)23-16-21-9-5-6-10-22(21)17-23/h2-6,9-12,20,23H,7-8,13-19H2,1H3. The Bertz CT molecular complexity index is 907. The SMILES string of the molecule is COCCN(CC1CCCN(C2Cc3ccccc3C2)C1)S(=O)(=O)c1ccccc1. The summed E-state index contributed by atoms with van der Waals surface area (Å²) in [5, 5.41) is 0. The van der Waals surface area contributed by atoms with E-state index >= 15 is 0 Å². The maximum absolute atomic E-state index is 13.3. The second-order valence-electron chi connectivity index (χ2n) is 8.50. The molecule has 1 atom stereocenters. The third-order valence-electron chi connectivity index (χ3n) is 6.48. The van der Waals surface area contributed by atoms with Gasteiger partial charge in [0.05, 0.1) is 11.5 Å². The van der Waals surface area contributed by atoms with Crippen molar-refractivity contribution in [3.63, 3.8) is 0 Å². The van der Waals surface area contributed by atoms with Crippen LogP contribution in [-0.4, -0.2) is 63.6 Å². The van der Waals surface area contributed by atoms with Crippen molar-refractivity contribution in [3.8, 4) is 0 Å². The highest BCUT2D eigenvalue weighted by Gasteiger charge is 2.33. The van der Waals surface area contributed by atoms with Crippen molar-refractivity contribution in [2.75, 3.05) is 39.9 Å². The zero-order chi connectivity index (χ0) is 21.0. The van der Waals surface area contributed by atoms with Crippen molar-refractivity contribution in [3.05, 3.63) is 65.7 Å². The lowest BCUT2D eigenvalue weighted by Gasteiger charge is -2.38. The highest BCUT2D eigenvalue weighted by atomic mass is 32.2. The number of hydrogen-bond donors (Lipinski definition) is 0. The lowest BCUT2D eigenvalue weighted by atomic mass is 9.96. The Balaban J connectivity index is 1.44. The molecule has 0 N–H and O–H groups in total. The van der Waals surface area contributed by atoms with Crippen molar-refractivity contribution in [1.82, 2.24) is 9.21 Å². The quantitative estimate of drug-likeness (QED) is 0.648. The van der Waals surface area contributed by atoms with Gasteiger partial charge in [-0.25, -0.2) is 8.42 Å². The van der Waals surface area contributed by atoms with E-state index in [4.69, 9.17) is 4.74 Å². The number of benzene rings is 2. The normalized spacial score (nSPS) is 20.5. The van der Waals surface area contributed by atoms with Gasteiger partial charge in [-0.2, -0.15) is 4.31 Å². The monoisotopic (exact) mass is 428 g/mol. The maximum Gasteiger partial charge on any atom is 0.243 e. The molecule has 4 rings (SSSR count). The number of piperidine rings is 1. The molecule has 2 aliphatic rings. The van der Waals surface area contributed by atoms with Crippen LogP contribution in [0.15, 0.2) is 59.5 Å². The Morgan fingerprint density at radius 3 is 2.37 bits per heavy atom. The summed E-state index contributed by atoms with van der Waals surface area (Å²) >= 11 is 0. The third kappa shape index (κ3) is 4.78. The summed E-state index contributed by atoms with van der Waals surface area (Å²) < 4.78 is 33.4. The predicted molar refractivity (Wildman–Crippen MR) is 119 cm³/mol. The molecule has 1 aliphatic carbocycles. The Morgan fingerprint density at radius 1 is 1.03 bits per heavy atom. The molecule has 2 aromatic rings. The molecule has 0 saturated carbocycles. The average Bonchev–Trinajstić information content (AvgIpc) is 3.22. The summed E-state index contributed by atoms with van der Waals surface area (Å²) in [7, 11) is -1.90. The zero-order valence-corrected chi connectivity index (χ0v) is 18.6. The average molecular weight is 429 g/mol. The zero-order valence-electron chi connectivity index (χ0n) is 17.7. The highest BCUT2D eigenvalue weighted by molar-refractivity contribution is 7.89. The number of likely N-dealkylation sites (tertiary alicyclic amines) is 1. The maximum atomic E-state index is 13.3. The second-order valence-corrected chi connectivity index (χ2v) is 10.4. The number of nitrogens with zero attached hydrogens (tertiary/aromatic N) is 2. The first-order chi connectivity index (χ1) is 14.6. The number of rotatable bonds is 8. The molecule has 162 valence electrons. The molecule has 5 nitrogen and oxygen atoms in total. The van der Waals surface area contributed by atoms with Crippen LogP contribution in [-0.2, 0) is 27.6 Å². The molecule has 30 heavy (non-hydrogen) atoms. The van der Waals surface area contributed by atoms with Gasteiger partial charge < -0.3 is 4.74 Å². The van der Waals surface area contributed by atoms with Crippen LogP contribution in [0.4, 0.5) is 0 Å². The van der Waals surface area contributed by atoms with E-state index in [9.17, 15) is 8.42 Å². The molecule has 1 aliphatic heterocycles. The van der Waals surface area contributed by atoms with E-state index < -0.39 is 10.0 Å². The summed E-state index contributed by atoms with van der Waals surface area (Å²) in [5.74, 6) is 0.345. The summed E-state index contributed by atoms with van der Waals surface area (Å²) in [4.78, 5) is 2.96. The number of methoxy groups -OCH3 is 1. The summed E-state index contributed by atoms with van der Waals surface area (Å²) in [5.41, 5.74) is 2.94. The van der Waals surface area contributed by atoms with E-state index in [1.165, 1.54) is 11.1 Å². The Kier molecular flexibility index (Phi) is 6.88. The van der Waals surface area contributed by atoms with E-state index in [1.807, 2.05) is 6.07 Å². The van der Waals surface area contributed by atoms with Gasteiger partial charge >= 0.3 is 0 Å². The van der Waals surface area contributed by atoms with E-state index in [-0.39, 0.29) is 0 Å². The summed E-state index contributed by atoms with van der Waals surface area (Å²) in [6.45, 7) is 3.42. The number of hydrogen-bond acceptors (Lipinski definition) is 4. The fourth-order valence-corrected chi connectivity index (χ4v) is 6.43. The molecule has 1 heterocycles. The van der Waals surface area contributed by atoms with Crippen LogP contribution in [0.5, 0.6) is 0 Å². The lowest BCUT2D eigenvalue weighted by Crippen LogP contribution is -2.47. The van der Waals surface area contributed by atoms with Crippen LogP contribution >= 0.6 is 0 Å². The molecular formula is C24H32N2O3S. The number of ether oxygens (including phenoxy) is 1. The number of sulfonamides is 1. The molecule has 1 saturated heterocycles. The van der Waals surface area contributed by atoms with Gasteiger partial charge in [-0.15, -0.1) is 0 Å². The lowest BCUT2D eigenvalue weighted by molar-refractivity contribution is 0.109. The van der Waals surface area contributed by atoms with Gasteiger partial charge in [-0.1, -0.05) is 42.5 Å². The first kappa shape index (κ1) is 21.5. The molecule has 1 unspecified atom stereocenters. The smallest absolute Gasteiger partial charge is 0.243 e. The van der Waals surface area contributed by atoms with E-state index in [0.717, 1.165) is 38.8 Å². The fourth-order valence-electron chi connectivity index (χ4n) is 4.90. The first-order valence-electron chi connectivity index (χ1n) is 10.9. The third-order valence-corrected chi connectivity index (χ3v) is 8.36. The Morgan fingerprint density at radius 2 is 1.70 bits per heavy atom. The summed E-state index contributed by atoms with van der Waals surface area (Å²) in [6.07, 6.45) is 4.42. The highest BCUT2D eigenvalue weighted by Crippen LogP contribution is 2.29. The van der Waals surface area contributed by atoms with Gasteiger partial charge in [0.1, 0.15) is 0 Å². The van der Waals surface area contributed by atoms with Crippen molar-refractivity contribution in [2.24, 2.45) is 5.92 Å². The van der Waals surface area contributed by atoms with Crippen molar-refractivity contribution in [2.45, 2.75) is 36.6 Å². The molecule has 0 amide bonds. The molecule has 0 radical (unpaired) electrons. The minimum absolute atomic E-state index is 0.345. The van der Waals surface area contributed by atoms with Crippen molar-refractivity contribution in [1.29, 1.82) is 0 Å². The van der Waals surface area contributed by atoms with Gasteiger partial charge in [0, 0.05) is 32.8 Å². The van der Waals surface area contributed by atoms with Crippen molar-refractivity contribution < 1.29 is 13.2 Å². The molecule has 0 aromatic heterocycles. The Hall–Kier alpha value is -1.73. The molecule has 0 bridgehead atoms. The molecular weight excluding hydrogens is 396 g/mol.